The summed E-state index contributed by atoms with van der Waals surface area (Å²) in [6.07, 6.45) is 2.04. The van der Waals surface area contributed by atoms with Crippen LogP contribution in [0.15, 0.2) is 12.2 Å². The molecule has 0 radical (unpaired) electrons. The lowest BCUT2D eigenvalue weighted by Crippen LogP contribution is -2.42. The molecule has 1 amide bonds. The number of rotatable bonds is 5. The lowest BCUT2D eigenvalue weighted by Gasteiger charge is -2.23. The summed E-state index contributed by atoms with van der Waals surface area (Å²) in [7, 11) is 5.06. The summed E-state index contributed by atoms with van der Waals surface area (Å²) in [5, 5.41) is 0. The Balaban J connectivity index is 4.70. The molecule has 0 spiro atoms. The van der Waals surface area contributed by atoms with Crippen LogP contribution in [0.5, 0.6) is 0 Å². The fourth-order valence-electron chi connectivity index (χ4n) is 1.18. The van der Waals surface area contributed by atoms with E-state index in [-0.39, 0.29) is 6.42 Å². The molecule has 0 heterocycles. The Labute approximate surface area is 105 Å². The summed E-state index contributed by atoms with van der Waals surface area (Å²) in [6, 6.07) is -0.858. The minimum absolute atomic E-state index is 0.118. The highest BCUT2D eigenvalue weighted by atomic mass is 16.5. The molecular weight excluding hydrogens is 242 g/mol. The molecule has 0 aliphatic heterocycles. The van der Waals surface area contributed by atoms with Gasteiger partial charge in [-0.3, -0.25) is 4.90 Å². The van der Waals surface area contributed by atoms with E-state index in [2.05, 4.69) is 14.2 Å². The van der Waals surface area contributed by atoms with Crippen LogP contribution in [-0.4, -0.2) is 57.4 Å². The van der Waals surface area contributed by atoms with Gasteiger partial charge in [-0.2, -0.15) is 0 Å². The first-order valence-corrected chi connectivity index (χ1v) is 5.11. The van der Waals surface area contributed by atoms with Crippen LogP contribution < -0.4 is 0 Å². The molecule has 18 heavy (non-hydrogen) atoms. The number of esters is 2. The van der Waals surface area contributed by atoms with E-state index in [4.69, 9.17) is 0 Å². The number of likely N-dealkylation sites (N-methyl/N-ethyl adjacent to an activating group) is 1. The second-order valence-electron chi connectivity index (χ2n) is 3.28. The first-order valence-electron chi connectivity index (χ1n) is 5.11. The zero-order chi connectivity index (χ0) is 14.1. The number of carbonyl (C=O) groups is 3. The number of nitrogens with zero attached hydrogens (tertiary/aromatic N) is 1. The predicted octanol–water partition coefficient (Wildman–Crippen LogP) is 0.345. The topological polar surface area (TPSA) is 82.1 Å². The first-order chi connectivity index (χ1) is 8.47. The van der Waals surface area contributed by atoms with Crippen LogP contribution in [-0.2, 0) is 23.8 Å². The number of ether oxygens (including phenoxy) is 3. The normalized spacial score (nSPS) is 11.8. The average molecular weight is 259 g/mol. The van der Waals surface area contributed by atoms with Crippen molar-refractivity contribution >= 4 is 18.0 Å². The molecule has 0 aromatic heterocycles. The number of hydrogen-bond acceptors (Lipinski definition) is 6. The van der Waals surface area contributed by atoms with Crippen molar-refractivity contribution in [2.75, 3.05) is 28.4 Å². The van der Waals surface area contributed by atoms with Crippen molar-refractivity contribution in [3.05, 3.63) is 12.2 Å². The van der Waals surface area contributed by atoms with Crippen molar-refractivity contribution in [3.8, 4) is 0 Å². The number of amides is 1. The van der Waals surface area contributed by atoms with Gasteiger partial charge in [0.1, 0.15) is 6.04 Å². The number of methoxy groups -OCH3 is 3. The van der Waals surface area contributed by atoms with Gasteiger partial charge in [0, 0.05) is 13.1 Å². The van der Waals surface area contributed by atoms with E-state index in [0.29, 0.717) is 0 Å². The monoisotopic (exact) mass is 259 g/mol. The maximum atomic E-state index is 11.5. The molecule has 0 N–H and O–H groups in total. The van der Waals surface area contributed by atoms with Crippen LogP contribution in [0.2, 0.25) is 0 Å². The maximum Gasteiger partial charge on any atom is 0.409 e. The Morgan fingerprint density at radius 2 is 1.72 bits per heavy atom. The van der Waals surface area contributed by atoms with Crippen molar-refractivity contribution in [2.45, 2.75) is 12.5 Å². The number of hydrogen-bond donors (Lipinski definition) is 0. The molecule has 102 valence electrons. The summed E-state index contributed by atoms with van der Waals surface area (Å²) in [4.78, 5) is 34.8. The van der Waals surface area contributed by atoms with Gasteiger partial charge in [0.25, 0.3) is 0 Å². The number of carbonyl (C=O) groups excluding carboxylic acids is 3. The molecular formula is C11H17NO6. The molecule has 0 saturated heterocycles. The summed E-state index contributed by atoms with van der Waals surface area (Å²) in [6.45, 7) is 0. The molecule has 0 bridgehead atoms. The maximum absolute atomic E-state index is 11.5. The van der Waals surface area contributed by atoms with Gasteiger partial charge in [-0.05, 0) is 6.42 Å². The Bertz CT molecular complexity index is 338. The SMILES string of the molecule is COC(=O)/C=C/C[C@@H](C(=O)OC)N(C)C(=O)OC. The molecule has 7 heteroatoms. The third-order valence-corrected chi connectivity index (χ3v) is 2.22. The first kappa shape index (κ1) is 16.0. The second-order valence-corrected chi connectivity index (χ2v) is 3.28. The molecule has 0 aromatic carbocycles. The van der Waals surface area contributed by atoms with Crippen LogP contribution in [0.4, 0.5) is 4.79 Å². The zero-order valence-electron chi connectivity index (χ0n) is 10.8. The fraction of sp³-hybridized carbons (Fsp3) is 0.545. The zero-order valence-corrected chi connectivity index (χ0v) is 10.8. The van der Waals surface area contributed by atoms with Crippen molar-refractivity contribution in [3.63, 3.8) is 0 Å². The summed E-state index contributed by atoms with van der Waals surface area (Å²) >= 11 is 0. The van der Waals surface area contributed by atoms with Gasteiger partial charge in [-0.1, -0.05) is 6.08 Å². The Kier molecular flexibility index (Phi) is 7.18. The van der Waals surface area contributed by atoms with Crippen LogP contribution in [0.25, 0.3) is 0 Å². The van der Waals surface area contributed by atoms with E-state index in [1.54, 1.807) is 0 Å². The Hall–Kier alpha value is -2.05. The quantitative estimate of drug-likeness (QED) is 0.402. The summed E-state index contributed by atoms with van der Waals surface area (Å²) in [5.74, 6) is -1.14. The Morgan fingerprint density at radius 1 is 1.11 bits per heavy atom. The van der Waals surface area contributed by atoms with Crippen molar-refractivity contribution in [1.29, 1.82) is 0 Å². The van der Waals surface area contributed by atoms with Crippen LogP contribution in [0.1, 0.15) is 6.42 Å². The third kappa shape index (κ3) is 4.86. The van der Waals surface area contributed by atoms with Gasteiger partial charge < -0.3 is 14.2 Å². The molecule has 0 fully saturated rings. The van der Waals surface area contributed by atoms with Gasteiger partial charge in [0.15, 0.2) is 0 Å². The largest absolute Gasteiger partial charge is 0.467 e. The van der Waals surface area contributed by atoms with Gasteiger partial charge in [0.2, 0.25) is 0 Å². The summed E-state index contributed by atoms with van der Waals surface area (Å²) < 4.78 is 13.5. The second kappa shape index (κ2) is 8.10. The van der Waals surface area contributed by atoms with E-state index >= 15 is 0 Å². The molecule has 0 unspecified atom stereocenters. The highest BCUT2D eigenvalue weighted by Crippen LogP contribution is 2.07. The van der Waals surface area contributed by atoms with Crippen LogP contribution >= 0.6 is 0 Å². The van der Waals surface area contributed by atoms with Crippen molar-refractivity contribution in [1.82, 2.24) is 4.90 Å². The minimum atomic E-state index is -0.858. The van der Waals surface area contributed by atoms with Gasteiger partial charge >= 0.3 is 18.0 Å². The molecule has 0 aliphatic carbocycles. The van der Waals surface area contributed by atoms with E-state index in [9.17, 15) is 14.4 Å². The fourth-order valence-corrected chi connectivity index (χ4v) is 1.18. The Morgan fingerprint density at radius 3 is 2.17 bits per heavy atom. The molecule has 0 aromatic rings. The van der Waals surface area contributed by atoms with Crippen molar-refractivity contribution < 1.29 is 28.6 Å². The molecule has 0 saturated carbocycles. The highest BCUT2D eigenvalue weighted by molar-refractivity contribution is 5.83. The van der Waals surface area contributed by atoms with E-state index in [1.807, 2.05) is 0 Å². The van der Waals surface area contributed by atoms with E-state index in [0.717, 1.165) is 4.90 Å². The lowest BCUT2D eigenvalue weighted by molar-refractivity contribution is -0.145. The summed E-state index contributed by atoms with van der Waals surface area (Å²) in [5.41, 5.74) is 0. The van der Waals surface area contributed by atoms with Crippen LogP contribution in [0.3, 0.4) is 0 Å². The van der Waals surface area contributed by atoms with Crippen LogP contribution in [0, 0.1) is 0 Å². The average Bonchev–Trinajstić information content (AvgIpc) is 2.40. The van der Waals surface area contributed by atoms with Crippen molar-refractivity contribution in [2.24, 2.45) is 0 Å². The van der Waals surface area contributed by atoms with Gasteiger partial charge in [-0.25, -0.2) is 14.4 Å². The minimum Gasteiger partial charge on any atom is -0.467 e. The molecule has 0 aliphatic rings. The van der Waals surface area contributed by atoms with E-state index < -0.39 is 24.1 Å². The van der Waals surface area contributed by atoms with Gasteiger partial charge in [-0.15, -0.1) is 0 Å². The smallest absolute Gasteiger partial charge is 0.409 e. The van der Waals surface area contributed by atoms with E-state index in [1.165, 1.54) is 40.5 Å². The van der Waals surface area contributed by atoms with Gasteiger partial charge in [0.05, 0.1) is 21.3 Å². The molecule has 1 atom stereocenters. The predicted molar refractivity (Wildman–Crippen MR) is 61.7 cm³/mol. The lowest BCUT2D eigenvalue weighted by atomic mass is 10.2. The third-order valence-electron chi connectivity index (χ3n) is 2.22. The standard InChI is InChI=1S/C11H17NO6/c1-12(11(15)18-4)8(10(14)17-3)6-5-7-9(13)16-2/h5,7-8H,6H2,1-4H3/b7-5+/t8-/m0/s1. The molecule has 0 rings (SSSR count). The molecule has 7 nitrogen and oxygen atoms in total. The highest BCUT2D eigenvalue weighted by Gasteiger charge is 2.27.